The summed E-state index contributed by atoms with van der Waals surface area (Å²) in [4.78, 5) is 11.3. The Kier molecular flexibility index (Phi) is 12.6. The second-order valence-corrected chi connectivity index (χ2v) is 5.92. The van der Waals surface area contributed by atoms with E-state index in [4.69, 9.17) is 0 Å². The zero-order valence-electron chi connectivity index (χ0n) is 16.4. The predicted octanol–water partition coefficient (Wildman–Crippen LogP) is 5.47. The van der Waals surface area contributed by atoms with Gasteiger partial charge in [-0.25, -0.2) is 4.79 Å². The Labute approximate surface area is 154 Å². The number of aromatic carboxylic acids is 1. The number of aryl methyl sites for hydroxylation is 2. The summed E-state index contributed by atoms with van der Waals surface area (Å²) in [6, 6.07) is 5.92. The molecule has 1 aromatic carbocycles. The number of carboxylic acids is 1. The minimum Gasteiger partial charge on any atom is -1.00 e. The number of rotatable bonds is 11. The van der Waals surface area contributed by atoms with Gasteiger partial charge in [-0.1, -0.05) is 64.5 Å². The van der Waals surface area contributed by atoms with Gasteiger partial charge in [-0.3, -0.25) is 0 Å². The molecule has 1 aromatic rings. The van der Waals surface area contributed by atoms with E-state index in [0.717, 1.165) is 24.8 Å². The van der Waals surface area contributed by atoms with E-state index in [1.165, 1.54) is 50.5 Å². The summed E-state index contributed by atoms with van der Waals surface area (Å²) < 4.78 is 0. The summed E-state index contributed by atoms with van der Waals surface area (Å²) in [5.41, 5.74) is 2.80. The number of hydrogen-bond donors (Lipinski definition) is 1. The number of hydrogen-bond acceptors (Lipinski definition) is 1. The Morgan fingerprint density at radius 3 is 2.09 bits per heavy atom. The third-order valence-electron chi connectivity index (χ3n) is 4.02. The molecule has 1 N–H and O–H groups in total. The first kappa shape index (κ1) is 21.5. The molecule has 0 radical (unpaired) electrons. The molecule has 0 saturated heterocycles. The van der Waals surface area contributed by atoms with E-state index in [9.17, 15) is 9.90 Å². The molecule has 0 aliphatic carbocycles. The molecule has 0 fully saturated rings. The standard InChI is InChI=1S/C19H30O2.Mg.2H/c1-3-5-7-9-11-16-13-14-18(19(20)21)17(15-16)12-10-8-6-4-2;;;/h13-15H,3-12H2,1-2H3,(H,20,21);;;/q;+2;2*-1. The maximum Gasteiger partial charge on any atom is 2.00 e. The third kappa shape index (κ3) is 8.18. The molecule has 0 spiro atoms. The van der Waals surface area contributed by atoms with Crippen LogP contribution < -0.4 is 0 Å². The first-order valence-electron chi connectivity index (χ1n) is 8.54. The average Bonchev–Trinajstić information content (AvgIpc) is 2.48. The van der Waals surface area contributed by atoms with Crippen molar-refractivity contribution in [1.82, 2.24) is 0 Å². The number of benzene rings is 1. The smallest absolute Gasteiger partial charge is 1.00 e. The van der Waals surface area contributed by atoms with E-state index in [2.05, 4.69) is 19.9 Å². The predicted molar refractivity (Wildman–Crippen MR) is 97.1 cm³/mol. The van der Waals surface area contributed by atoms with Crippen molar-refractivity contribution in [2.24, 2.45) is 0 Å². The Hall–Kier alpha value is -0.544. The van der Waals surface area contributed by atoms with Crippen LogP contribution in [0.4, 0.5) is 0 Å². The zero-order chi connectivity index (χ0) is 15.5. The van der Waals surface area contributed by atoms with Gasteiger partial charge in [-0.05, 0) is 42.9 Å². The van der Waals surface area contributed by atoms with Crippen LogP contribution in [0.25, 0.3) is 0 Å². The van der Waals surface area contributed by atoms with E-state index in [1.54, 1.807) is 6.07 Å². The number of unbranched alkanes of at least 4 members (excludes halogenated alkanes) is 6. The molecule has 0 atom stereocenters. The molecule has 0 heterocycles. The van der Waals surface area contributed by atoms with Crippen molar-refractivity contribution in [3.05, 3.63) is 34.9 Å². The van der Waals surface area contributed by atoms with E-state index in [0.29, 0.717) is 5.56 Å². The summed E-state index contributed by atoms with van der Waals surface area (Å²) in [6.45, 7) is 4.41. The van der Waals surface area contributed by atoms with Crippen molar-refractivity contribution in [1.29, 1.82) is 0 Å². The molecule has 22 heavy (non-hydrogen) atoms. The van der Waals surface area contributed by atoms with Crippen molar-refractivity contribution < 1.29 is 12.8 Å². The minimum atomic E-state index is -0.793. The van der Waals surface area contributed by atoms with Gasteiger partial charge in [0.25, 0.3) is 0 Å². The van der Waals surface area contributed by atoms with Crippen LogP contribution in [0.3, 0.4) is 0 Å². The molecule has 0 amide bonds. The van der Waals surface area contributed by atoms with Gasteiger partial charge in [-0.15, -0.1) is 0 Å². The fourth-order valence-corrected chi connectivity index (χ4v) is 2.72. The molecule has 1 rings (SSSR count). The molecule has 0 saturated carbocycles. The molecule has 2 nitrogen and oxygen atoms in total. The van der Waals surface area contributed by atoms with E-state index in [1.807, 2.05) is 6.07 Å². The topological polar surface area (TPSA) is 37.3 Å². The molecular weight excluding hydrogens is 285 g/mol. The summed E-state index contributed by atoms with van der Waals surface area (Å²) in [5, 5.41) is 9.31. The van der Waals surface area contributed by atoms with Crippen LogP contribution in [0.5, 0.6) is 0 Å². The zero-order valence-corrected chi connectivity index (χ0v) is 15.8. The molecule has 0 aliphatic heterocycles. The van der Waals surface area contributed by atoms with Crippen molar-refractivity contribution in [3.8, 4) is 0 Å². The van der Waals surface area contributed by atoms with Crippen LogP contribution in [-0.2, 0) is 12.8 Å². The third-order valence-corrected chi connectivity index (χ3v) is 4.02. The van der Waals surface area contributed by atoms with Crippen molar-refractivity contribution >= 4 is 29.0 Å². The maximum atomic E-state index is 11.3. The van der Waals surface area contributed by atoms with Crippen molar-refractivity contribution in [2.45, 2.75) is 78.1 Å². The van der Waals surface area contributed by atoms with Crippen LogP contribution in [0, 0.1) is 0 Å². The van der Waals surface area contributed by atoms with Gasteiger partial charge in [0.1, 0.15) is 0 Å². The molecule has 0 bridgehead atoms. The molecular formula is C19H32MgO2. The SMILES string of the molecule is CCCCCCc1ccc(C(=O)O)c(CCCCCC)c1.[H-].[H-].[Mg+2]. The summed E-state index contributed by atoms with van der Waals surface area (Å²) in [6.07, 6.45) is 11.7. The second kappa shape index (κ2) is 12.9. The second-order valence-electron chi connectivity index (χ2n) is 5.92. The van der Waals surface area contributed by atoms with Crippen LogP contribution in [0.1, 0.15) is 89.6 Å². The quantitative estimate of drug-likeness (QED) is 0.434. The average molecular weight is 317 g/mol. The molecule has 3 heteroatoms. The van der Waals surface area contributed by atoms with Crippen LogP contribution in [0.2, 0.25) is 0 Å². The maximum absolute atomic E-state index is 11.3. The summed E-state index contributed by atoms with van der Waals surface area (Å²) in [7, 11) is 0. The fourth-order valence-electron chi connectivity index (χ4n) is 2.72. The van der Waals surface area contributed by atoms with E-state index in [-0.39, 0.29) is 25.9 Å². The van der Waals surface area contributed by atoms with E-state index >= 15 is 0 Å². The molecule has 0 unspecified atom stereocenters. The molecule has 0 aromatic heterocycles. The Balaban J connectivity index is -0.00000147. The molecule has 122 valence electrons. The van der Waals surface area contributed by atoms with Gasteiger partial charge in [0.15, 0.2) is 0 Å². The summed E-state index contributed by atoms with van der Waals surface area (Å²) >= 11 is 0. The monoisotopic (exact) mass is 316 g/mol. The Morgan fingerprint density at radius 2 is 1.55 bits per heavy atom. The number of carboxylic acid groups (broad SMARTS) is 1. The van der Waals surface area contributed by atoms with Gasteiger partial charge in [-0.2, -0.15) is 0 Å². The van der Waals surface area contributed by atoms with Crippen molar-refractivity contribution in [3.63, 3.8) is 0 Å². The normalized spacial score (nSPS) is 10.3. The first-order valence-corrected chi connectivity index (χ1v) is 8.54. The first-order chi connectivity index (χ1) is 10.2. The number of carbonyl (C=O) groups is 1. The van der Waals surface area contributed by atoms with Gasteiger partial charge < -0.3 is 7.96 Å². The molecule has 0 aliphatic rings. The van der Waals surface area contributed by atoms with Crippen LogP contribution >= 0.6 is 0 Å². The minimum absolute atomic E-state index is 0. The van der Waals surface area contributed by atoms with Gasteiger partial charge in [0, 0.05) is 0 Å². The van der Waals surface area contributed by atoms with Crippen molar-refractivity contribution in [2.75, 3.05) is 0 Å². The largest absolute Gasteiger partial charge is 2.00 e. The van der Waals surface area contributed by atoms with Crippen LogP contribution in [0.15, 0.2) is 18.2 Å². The fraction of sp³-hybridized carbons (Fsp3) is 0.632. The Morgan fingerprint density at radius 1 is 0.955 bits per heavy atom. The van der Waals surface area contributed by atoms with Crippen LogP contribution in [-0.4, -0.2) is 34.1 Å². The van der Waals surface area contributed by atoms with Gasteiger partial charge >= 0.3 is 29.0 Å². The van der Waals surface area contributed by atoms with Gasteiger partial charge in [0.05, 0.1) is 5.56 Å². The Bertz CT molecular complexity index is 439. The van der Waals surface area contributed by atoms with Gasteiger partial charge in [0.2, 0.25) is 0 Å². The summed E-state index contributed by atoms with van der Waals surface area (Å²) in [5.74, 6) is -0.793. The van der Waals surface area contributed by atoms with E-state index < -0.39 is 5.97 Å².